The minimum absolute atomic E-state index is 0. The molecule has 0 aliphatic rings. The molecular formula is C9H14ClNOS. The topological polar surface area (TPSA) is 35.2 Å². The van der Waals surface area contributed by atoms with E-state index in [1.165, 1.54) is 0 Å². The Balaban J connectivity index is 0.00000144. The molecule has 13 heavy (non-hydrogen) atoms. The van der Waals surface area contributed by atoms with Gasteiger partial charge in [-0.05, 0) is 12.1 Å². The van der Waals surface area contributed by atoms with E-state index in [0.717, 1.165) is 5.75 Å². The molecule has 0 radical (unpaired) electrons. The number of hydrogen-bond acceptors (Lipinski definition) is 3. The van der Waals surface area contributed by atoms with E-state index in [4.69, 9.17) is 10.5 Å². The molecule has 2 nitrogen and oxygen atoms in total. The van der Waals surface area contributed by atoms with Crippen molar-refractivity contribution in [3.8, 4) is 5.75 Å². The van der Waals surface area contributed by atoms with E-state index in [-0.39, 0.29) is 18.4 Å². The van der Waals surface area contributed by atoms with Gasteiger partial charge in [0, 0.05) is 11.8 Å². The van der Waals surface area contributed by atoms with E-state index < -0.39 is 0 Å². The zero-order valence-corrected chi connectivity index (χ0v) is 8.93. The van der Waals surface area contributed by atoms with Gasteiger partial charge in [-0.25, -0.2) is 0 Å². The molecule has 74 valence electrons. The van der Waals surface area contributed by atoms with Crippen LogP contribution in [0.4, 0.5) is 0 Å². The first kappa shape index (κ1) is 12.6. The van der Waals surface area contributed by atoms with E-state index in [0.29, 0.717) is 12.4 Å². The number of halogens is 1. The summed E-state index contributed by atoms with van der Waals surface area (Å²) in [7, 11) is 0. The first-order chi connectivity index (χ1) is 5.83. The van der Waals surface area contributed by atoms with E-state index in [1.54, 1.807) is 0 Å². The lowest BCUT2D eigenvalue weighted by Crippen LogP contribution is -2.29. The van der Waals surface area contributed by atoms with Crippen LogP contribution in [-0.4, -0.2) is 18.4 Å². The molecule has 0 aromatic heterocycles. The van der Waals surface area contributed by atoms with Gasteiger partial charge in [0.1, 0.15) is 12.4 Å². The van der Waals surface area contributed by atoms with Gasteiger partial charge >= 0.3 is 0 Å². The second-order valence-corrected chi connectivity index (χ2v) is 2.93. The maximum atomic E-state index is 5.62. The lowest BCUT2D eigenvalue weighted by molar-refractivity contribution is 0.298. The summed E-state index contributed by atoms with van der Waals surface area (Å²) in [5.41, 5.74) is 5.62. The fraction of sp³-hybridized carbons (Fsp3) is 0.333. The van der Waals surface area contributed by atoms with Gasteiger partial charge in [0.15, 0.2) is 0 Å². The summed E-state index contributed by atoms with van der Waals surface area (Å²) in [6.07, 6.45) is 0. The highest BCUT2D eigenvalue weighted by Crippen LogP contribution is 2.08. The molecule has 0 bridgehead atoms. The lowest BCUT2D eigenvalue weighted by Gasteiger charge is -2.09. The molecular weight excluding hydrogens is 206 g/mol. The Bertz CT molecular complexity index is 220. The van der Waals surface area contributed by atoms with Gasteiger partial charge in [-0.15, -0.1) is 12.4 Å². The van der Waals surface area contributed by atoms with Crippen LogP contribution in [0.1, 0.15) is 0 Å². The van der Waals surface area contributed by atoms with Crippen LogP contribution in [0.15, 0.2) is 30.3 Å². The van der Waals surface area contributed by atoms with Crippen molar-refractivity contribution < 1.29 is 4.74 Å². The fourth-order valence-electron chi connectivity index (χ4n) is 0.773. The second kappa shape index (κ2) is 7.06. The maximum absolute atomic E-state index is 5.62. The molecule has 0 saturated heterocycles. The molecule has 1 aromatic carbocycles. The SMILES string of the molecule is Cl.NC(CS)COc1ccccc1. The third-order valence-electron chi connectivity index (χ3n) is 1.44. The normalized spacial score (nSPS) is 11.5. The summed E-state index contributed by atoms with van der Waals surface area (Å²) in [4.78, 5) is 0. The number of rotatable bonds is 4. The Morgan fingerprint density at radius 2 is 1.92 bits per heavy atom. The summed E-state index contributed by atoms with van der Waals surface area (Å²) >= 11 is 4.06. The Labute approximate surface area is 90.3 Å². The zero-order chi connectivity index (χ0) is 8.81. The van der Waals surface area contributed by atoms with Crippen LogP contribution in [-0.2, 0) is 0 Å². The second-order valence-electron chi connectivity index (χ2n) is 2.57. The lowest BCUT2D eigenvalue weighted by atomic mass is 10.3. The molecule has 0 amide bonds. The molecule has 1 atom stereocenters. The van der Waals surface area contributed by atoms with E-state index in [1.807, 2.05) is 30.3 Å². The van der Waals surface area contributed by atoms with Crippen LogP contribution in [0.3, 0.4) is 0 Å². The summed E-state index contributed by atoms with van der Waals surface area (Å²) in [6, 6.07) is 9.64. The van der Waals surface area contributed by atoms with E-state index in [2.05, 4.69) is 12.6 Å². The number of benzene rings is 1. The molecule has 0 aliphatic heterocycles. The van der Waals surface area contributed by atoms with Crippen molar-refractivity contribution in [2.24, 2.45) is 5.73 Å². The Kier molecular flexibility index (Phi) is 6.86. The molecule has 0 spiro atoms. The first-order valence-corrected chi connectivity index (χ1v) is 4.50. The van der Waals surface area contributed by atoms with Gasteiger partial charge in [-0.2, -0.15) is 12.6 Å². The number of para-hydroxylation sites is 1. The monoisotopic (exact) mass is 219 g/mol. The Morgan fingerprint density at radius 1 is 1.31 bits per heavy atom. The highest BCUT2D eigenvalue weighted by atomic mass is 35.5. The van der Waals surface area contributed by atoms with Crippen LogP contribution in [0.25, 0.3) is 0 Å². The van der Waals surface area contributed by atoms with Gasteiger partial charge in [0.2, 0.25) is 0 Å². The average Bonchev–Trinajstić information content (AvgIpc) is 2.16. The van der Waals surface area contributed by atoms with Gasteiger partial charge in [0.05, 0.1) is 0 Å². The van der Waals surface area contributed by atoms with Crippen molar-refractivity contribution in [1.82, 2.24) is 0 Å². The quantitative estimate of drug-likeness (QED) is 0.757. The van der Waals surface area contributed by atoms with Gasteiger partial charge < -0.3 is 10.5 Å². The van der Waals surface area contributed by atoms with Crippen molar-refractivity contribution in [2.75, 3.05) is 12.4 Å². The summed E-state index contributed by atoms with van der Waals surface area (Å²) in [6.45, 7) is 0.521. The standard InChI is InChI=1S/C9H13NOS.ClH/c10-8(7-12)6-11-9-4-2-1-3-5-9;/h1-5,8,12H,6-7,10H2;1H. The molecule has 0 fully saturated rings. The van der Waals surface area contributed by atoms with Crippen LogP contribution in [0.2, 0.25) is 0 Å². The van der Waals surface area contributed by atoms with E-state index >= 15 is 0 Å². The molecule has 1 rings (SSSR count). The molecule has 2 N–H and O–H groups in total. The van der Waals surface area contributed by atoms with Gasteiger partial charge in [0.25, 0.3) is 0 Å². The van der Waals surface area contributed by atoms with Crippen LogP contribution in [0.5, 0.6) is 5.75 Å². The van der Waals surface area contributed by atoms with Crippen LogP contribution < -0.4 is 10.5 Å². The summed E-state index contributed by atoms with van der Waals surface area (Å²) in [5, 5.41) is 0. The van der Waals surface area contributed by atoms with Crippen molar-refractivity contribution >= 4 is 25.0 Å². The van der Waals surface area contributed by atoms with E-state index in [9.17, 15) is 0 Å². The Hall–Kier alpha value is -0.380. The minimum atomic E-state index is 0. The minimum Gasteiger partial charge on any atom is -0.492 e. The molecule has 1 aromatic rings. The van der Waals surface area contributed by atoms with Crippen molar-refractivity contribution in [3.05, 3.63) is 30.3 Å². The fourth-order valence-corrected chi connectivity index (χ4v) is 0.878. The van der Waals surface area contributed by atoms with Gasteiger partial charge in [-0.1, -0.05) is 18.2 Å². The first-order valence-electron chi connectivity index (χ1n) is 3.87. The number of thiol groups is 1. The van der Waals surface area contributed by atoms with Crippen molar-refractivity contribution in [2.45, 2.75) is 6.04 Å². The van der Waals surface area contributed by atoms with Crippen molar-refractivity contribution in [1.29, 1.82) is 0 Å². The highest BCUT2D eigenvalue weighted by Gasteiger charge is 1.99. The third kappa shape index (κ3) is 5.03. The zero-order valence-electron chi connectivity index (χ0n) is 7.22. The maximum Gasteiger partial charge on any atom is 0.119 e. The molecule has 0 saturated carbocycles. The third-order valence-corrected chi connectivity index (χ3v) is 1.91. The smallest absolute Gasteiger partial charge is 0.119 e. The highest BCUT2D eigenvalue weighted by molar-refractivity contribution is 7.80. The number of nitrogens with two attached hydrogens (primary N) is 1. The molecule has 1 unspecified atom stereocenters. The van der Waals surface area contributed by atoms with Crippen LogP contribution >= 0.6 is 25.0 Å². The summed E-state index contributed by atoms with van der Waals surface area (Å²) < 4.78 is 5.38. The van der Waals surface area contributed by atoms with Crippen molar-refractivity contribution in [3.63, 3.8) is 0 Å². The predicted octanol–water partition coefficient (Wildman–Crippen LogP) is 1.74. The summed E-state index contributed by atoms with van der Waals surface area (Å²) in [5.74, 6) is 1.50. The molecule has 4 heteroatoms. The largest absolute Gasteiger partial charge is 0.492 e. The van der Waals surface area contributed by atoms with Gasteiger partial charge in [-0.3, -0.25) is 0 Å². The molecule has 0 heterocycles. The number of ether oxygens (including phenoxy) is 1. The number of hydrogen-bond donors (Lipinski definition) is 2. The van der Waals surface area contributed by atoms with Crippen LogP contribution in [0, 0.1) is 0 Å². The average molecular weight is 220 g/mol. The Morgan fingerprint density at radius 3 is 2.46 bits per heavy atom. The molecule has 0 aliphatic carbocycles. The predicted molar refractivity (Wildman–Crippen MR) is 61.0 cm³/mol.